The van der Waals surface area contributed by atoms with Gasteiger partial charge >= 0.3 is 0 Å². The minimum Gasteiger partial charge on any atom is -0.483 e. The van der Waals surface area contributed by atoms with Crippen molar-refractivity contribution in [2.45, 2.75) is 78.4 Å². The summed E-state index contributed by atoms with van der Waals surface area (Å²) in [7, 11) is 0. The van der Waals surface area contributed by atoms with E-state index in [1.54, 1.807) is 24.0 Å². The second-order valence-corrected chi connectivity index (χ2v) is 9.60. The van der Waals surface area contributed by atoms with E-state index in [9.17, 15) is 9.59 Å². The van der Waals surface area contributed by atoms with Gasteiger partial charge in [0.05, 0.1) is 0 Å². The Morgan fingerprint density at radius 3 is 2.42 bits per heavy atom. The summed E-state index contributed by atoms with van der Waals surface area (Å²) in [4.78, 5) is 28.0. The second kappa shape index (κ2) is 11.6. The van der Waals surface area contributed by atoms with E-state index in [0.29, 0.717) is 17.3 Å². The first-order chi connectivity index (χ1) is 15.7. The van der Waals surface area contributed by atoms with Gasteiger partial charge in [-0.05, 0) is 81.0 Å². The lowest BCUT2D eigenvalue weighted by Crippen LogP contribution is -2.51. The number of amides is 2. The fraction of sp³-hybridized carbons (Fsp3) is 0.481. The second-order valence-electron chi connectivity index (χ2n) is 9.16. The van der Waals surface area contributed by atoms with E-state index in [4.69, 9.17) is 16.3 Å². The average molecular weight is 471 g/mol. The van der Waals surface area contributed by atoms with Gasteiger partial charge in [-0.1, -0.05) is 49.1 Å². The third kappa shape index (κ3) is 6.97. The van der Waals surface area contributed by atoms with E-state index < -0.39 is 6.04 Å². The molecule has 0 saturated heterocycles. The number of nitrogens with one attached hydrogen (secondary N) is 1. The molecule has 2 aromatic rings. The molecule has 1 fully saturated rings. The van der Waals surface area contributed by atoms with Crippen LogP contribution in [0.4, 0.5) is 0 Å². The monoisotopic (exact) mass is 470 g/mol. The summed E-state index contributed by atoms with van der Waals surface area (Å²) in [5, 5.41) is 3.78. The summed E-state index contributed by atoms with van der Waals surface area (Å²) in [6, 6.07) is 11.0. The minimum absolute atomic E-state index is 0.119. The van der Waals surface area contributed by atoms with Crippen molar-refractivity contribution in [3.8, 4) is 5.75 Å². The van der Waals surface area contributed by atoms with E-state index >= 15 is 0 Å². The summed E-state index contributed by atoms with van der Waals surface area (Å²) in [5.74, 6) is 0.355. The van der Waals surface area contributed by atoms with E-state index in [-0.39, 0.29) is 24.5 Å². The van der Waals surface area contributed by atoms with Gasteiger partial charge in [0.15, 0.2) is 6.61 Å². The molecule has 1 N–H and O–H groups in total. The predicted molar refractivity (Wildman–Crippen MR) is 133 cm³/mol. The zero-order valence-electron chi connectivity index (χ0n) is 20.1. The molecule has 1 atom stereocenters. The van der Waals surface area contributed by atoms with Gasteiger partial charge in [-0.2, -0.15) is 0 Å². The number of benzene rings is 2. The summed E-state index contributed by atoms with van der Waals surface area (Å²) in [5.41, 5.74) is 4.13. The molecule has 0 spiro atoms. The fourth-order valence-corrected chi connectivity index (χ4v) is 4.44. The molecular weight excluding hydrogens is 436 g/mol. The van der Waals surface area contributed by atoms with Gasteiger partial charge < -0.3 is 15.0 Å². The molecule has 0 radical (unpaired) electrons. The van der Waals surface area contributed by atoms with Crippen molar-refractivity contribution in [1.82, 2.24) is 10.2 Å². The highest BCUT2D eigenvalue weighted by molar-refractivity contribution is 6.30. The molecule has 0 unspecified atom stereocenters. The van der Waals surface area contributed by atoms with Gasteiger partial charge in [0.25, 0.3) is 5.91 Å². The zero-order chi connectivity index (χ0) is 24.0. The van der Waals surface area contributed by atoms with Crippen LogP contribution in [0.3, 0.4) is 0 Å². The molecule has 2 aromatic carbocycles. The van der Waals surface area contributed by atoms with Crippen molar-refractivity contribution in [2.75, 3.05) is 6.61 Å². The zero-order valence-corrected chi connectivity index (χ0v) is 20.9. The van der Waals surface area contributed by atoms with Crippen molar-refractivity contribution < 1.29 is 14.3 Å². The first-order valence-electron chi connectivity index (χ1n) is 11.8. The largest absolute Gasteiger partial charge is 0.483 e. The van der Waals surface area contributed by atoms with Crippen LogP contribution in [0.25, 0.3) is 0 Å². The summed E-state index contributed by atoms with van der Waals surface area (Å²) >= 11 is 6.03. The van der Waals surface area contributed by atoms with Gasteiger partial charge in [-0.15, -0.1) is 0 Å². The lowest BCUT2D eigenvalue weighted by molar-refractivity contribution is -0.142. The van der Waals surface area contributed by atoms with Crippen LogP contribution in [-0.2, 0) is 16.1 Å². The molecular formula is C27H35ClN2O3. The normalized spacial score (nSPS) is 15.1. The molecule has 6 heteroatoms. The molecule has 1 saturated carbocycles. The van der Waals surface area contributed by atoms with Gasteiger partial charge in [0.1, 0.15) is 11.8 Å². The third-order valence-corrected chi connectivity index (χ3v) is 6.75. The summed E-state index contributed by atoms with van der Waals surface area (Å²) in [6.07, 6.45) is 5.49. The summed E-state index contributed by atoms with van der Waals surface area (Å²) in [6.45, 7) is 7.99. The highest BCUT2D eigenvalue weighted by atomic mass is 35.5. The van der Waals surface area contributed by atoms with E-state index in [0.717, 1.165) is 47.9 Å². The van der Waals surface area contributed by atoms with E-state index in [1.165, 1.54) is 6.42 Å². The molecule has 1 aliphatic rings. The maximum Gasteiger partial charge on any atom is 0.261 e. The van der Waals surface area contributed by atoms with Crippen molar-refractivity contribution in [2.24, 2.45) is 0 Å². The number of rotatable bonds is 8. The number of carbonyl (C=O) groups is 2. The third-order valence-electron chi connectivity index (χ3n) is 6.50. The van der Waals surface area contributed by atoms with Crippen LogP contribution in [-0.4, -0.2) is 35.4 Å². The van der Waals surface area contributed by atoms with Crippen LogP contribution in [0.2, 0.25) is 5.02 Å². The Morgan fingerprint density at radius 2 is 1.76 bits per heavy atom. The molecule has 178 valence electrons. The Hall–Kier alpha value is -2.53. The van der Waals surface area contributed by atoms with Crippen LogP contribution in [0.15, 0.2) is 36.4 Å². The first-order valence-corrected chi connectivity index (χ1v) is 12.2. The Morgan fingerprint density at radius 1 is 1.09 bits per heavy atom. The number of hydrogen-bond acceptors (Lipinski definition) is 3. The van der Waals surface area contributed by atoms with Crippen LogP contribution in [0.1, 0.15) is 61.3 Å². The smallest absolute Gasteiger partial charge is 0.261 e. The first kappa shape index (κ1) is 25.1. The maximum absolute atomic E-state index is 13.3. The lowest BCUT2D eigenvalue weighted by atomic mass is 9.95. The predicted octanol–water partition coefficient (Wildman–Crippen LogP) is 5.51. The quantitative estimate of drug-likeness (QED) is 0.553. The number of carbonyl (C=O) groups excluding carboxylic acids is 2. The molecule has 0 bridgehead atoms. The number of nitrogens with zero attached hydrogens (tertiary/aromatic N) is 1. The molecule has 0 heterocycles. The van der Waals surface area contributed by atoms with Crippen LogP contribution < -0.4 is 10.1 Å². The topological polar surface area (TPSA) is 58.6 Å². The van der Waals surface area contributed by atoms with Crippen molar-refractivity contribution >= 4 is 23.4 Å². The van der Waals surface area contributed by atoms with E-state index in [1.807, 2.05) is 39.0 Å². The SMILES string of the molecule is Cc1cc(C)c(C)c(OCC(=O)N(Cc2ccc(Cl)cc2)[C@@H](C)C(=O)NC2CCCCC2)c1. The Bertz CT molecular complexity index is 968. The number of ether oxygens (including phenoxy) is 1. The Kier molecular flexibility index (Phi) is 8.79. The number of halogens is 1. The van der Waals surface area contributed by atoms with Gasteiger partial charge in [0.2, 0.25) is 5.91 Å². The Labute approximate surface area is 202 Å². The van der Waals surface area contributed by atoms with Crippen LogP contribution in [0.5, 0.6) is 5.75 Å². The van der Waals surface area contributed by atoms with Gasteiger partial charge in [-0.25, -0.2) is 0 Å². The Balaban J connectivity index is 1.74. The number of hydrogen-bond donors (Lipinski definition) is 1. The number of aryl methyl sites for hydroxylation is 2. The average Bonchev–Trinajstić information content (AvgIpc) is 2.80. The molecule has 2 amide bonds. The van der Waals surface area contributed by atoms with Gasteiger partial charge in [0, 0.05) is 17.6 Å². The molecule has 0 aliphatic heterocycles. The highest BCUT2D eigenvalue weighted by Gasteiger charge is 2.28. The molecule has 5 nitrogen and oxygen atoms in total. The van der Waals surface area contributed by atoms with Crippen LogP contribution in [0, 0.1) is 20.8 Å². The molecule has 3 rings (SSSR count). The van der Waals surface area contributed by atoms with Crippen molar-refractivity contribution in [3.63, 3.8) is 0 Å². The van der Waals surface area contributed by atoms with Gasteiger partial charge in [-0.3, -0.25) is 9.59 Å². The van der Waals surface area contributed by atoms with Crippen molar-refractivity contribution in [1.29, 1.82) is 0 Å². The molecule has 0 aromatic heterocycles. The molecule has 1 aliphatic carbocycles. The van der Waals surface area contributed by atoms with Crippen LogP contribution >= 0.6 is 11.6 Å². The van der Waals surface area contributed by atoms with E-state index in [2.05, 4.69) is 11.4 Å². The lowest BCUT2D eigenvalue weighted by Gasteiger charge is -2.31. The highest BCUT2D eigenvalue weighted by Crippen LogP contribution is 2.24. The van der Waals surface area contributed by atoms with Crippen molar-refractivity contribution in [3.05, 3.63) is 63.7 Å². The summed E-state index contributed by atoms with van der Waals surface area (Å²) < 4.78 is 5.93. The molecule has 33 heavy (non-hydrogen) atoms. The fourth-order valence-electron chi connectivity index (χ4n) is 4.31. The minimum atomic E-state index is -0.612. The maximum atomic E-state index is 13.3. The standard InChI is InChI=1S/C27H35ClN2O3/c1-18-14-19(2)20(3)25(15-18)33-17-26(31)30(16-22-10-12-23(28)13-11-22)21(4)27(32)29-24-8-6-5-7-9-24/h10-15,21,24H,5-9,16-17H2,1-4H3,(H,29,32)/t21-/m0/s1.